The van der Waals surface area contributed by atoms with Crippen molar-refractivity contribution in [2.24, 2.45) is 0 Å². The van der Waals surface area contributed by atoms with Crippen molar-refractivity contribution in [3.8, 4) is 11.5 Å². The summed E-state index contributed by atoms with van der Waals surface area (Å²) >= 11 is 0. The quantitative estimate of drug-likeness (QED) is 0.550. The number of carbonyl (C=O) groups excluding carboxylic acids is 1. The van der Waals surface area contributed by atoms with E-state index in [2.05, 4.69) is 5.32 Å². The van der Waals surface area contributed by atoms with Crippen LogP contribution in [0, 0.1) is 0 Å². The molecule has 1 amide bonds. The molecule has 0 radical (unpaired) electrons. The SMILES string of the molecule is COc1ccc(OCC(=O)Nc2ccc(S(=O)(=O)N(C)Cc3ccccc3)cc2)cc1. The number of carbonyl (C=O) groups is 1. The predicted octanol–water partition coefficient (Wildman–Crippen LogP) is 3.53. The lowest BCUT2D eigenvalue weighted by Gasteiger charge is -2.17. The molecule has 0 heterocycles. The summed E-state index contributed by atoms with van der Waals surface area (Å²) in [4.78, 5) is 12.3. The van der Waals surface area contributed by atoms with Gasteiger partial charge in [0.25, 0.3) is 5.91 Å². The summed E-state index contributed by atoms with van der Waals surface area (Å²) < 4.78 is 37.4. The smallest absolute Gasteiger partial charge is 0.262 e. The molecule has 1 N–H and O–H groups in total. The van der Waals surface area contributed by atoms with Crippen LogP contribution in [-0.2, 0) is 21.4 Å². The molecule has 0 bridgehead atoms. The van der Waals surface area contributed by atoms with Crippen molar-refractivity contribution >= 4 is 21.6 Å². The van der Waals surface area contributed by atoms with Crippen LogP contribution in [-0.4, -0.2) is 39.4 Å². The van der Waals surface area contributed by atoms with Gasteiger partial charge in [0, 0.05) is 19.3 Å². The van der Waals surface area contributed by atoms with E-state index in [0.29, 0.717) is 17.2 Å². The minimum atomic E-state index is -3.65. The van der Waals surface area contributed by atoms with Gasteiger partial charge in [-0.05, 0) is 54.1 Å². The number of ether oxygens (including phenoxy) is 2. The van der Waals surface area contributed by atoms with Gasteiger partial charge in [0.1, 0.15) is 11.5 Å². The van der Waals surface area contributed by atoms with Crippen LogP contribution in [0.3, 0.4) is 0 Å². The molecule has 7 nitrogen and oxygen atoms in total. The summed E-state index contributed by atoms with van der Waals surface area (Å²) in [6.45, 7) is 0.0938. The van der Waals surface area contributed by atoms with Gasteiger partial charge in [0.2, 0.25) is 10.0 Å². The van der Waals surface area contributed by atoms with Crippen molar-refractivity contribution in [1.29, 1.82) is 0 Å². The molecule has 0 fully saturated rings. The molecule has 8 heteroatoms. The minimum absolute atomic E-state index is 0.151. The molecule has 0 aliphatic carbocycles. The molecule has 3 aromatic carbocycles. The Morgan fingerprint density at radius 3 is 2.13 bits per heavy atom. The molecule has 3 rings (SSSR count). The van der Waals surface area contributed by atoms with Crippen LogP contribution in [0.2, 0.25) is 0 Å². The van der Waals surface area contributed by atoms with E-state index in [1.165, 1.54) is 23.5 Å². The molecule has 162 valence electrons. The van der Waals surface area contributed by atoms with Crippen LogP contribution < -0.4 is 14.8 Å². The zero-order valence-electron chi connectivity index (χ0n) is 17.3. The average molecular weight is 441 g/mol. The van der Waals surface area contributed by atoms with Gasteiger partial charge < -0.3 is 14.8 Å². The van der Waals surface area contributed by atoms with Crippen molar-refractivity contribution < 1.29 is 22.7 Å². The number of amides is 1. The maximum atomic E-state index is 12.8. The predicted molar refractivity (Wildman–Crippen MR) is 119 cm³/mol. The van der Waals surface area contributed by atoms with Gasteiger partial charge in [-0.15, -0.1) is 0 Å². The van der Waals surface area contributed by atoms with Crippen LogP contribution >= 0.6 is 0 Å². The highest BCUT2D eigenvalue weighted by molar-refractivity contribution is 7.89. The Kier molecular flexibility index (Phi) is 7.28. The molecule has 3 aromatic rings. The fraction of sp³-hybridized carbons (Fsp3) is 0.174. The fourth-order valence-corrected chi connectivity index (χ4v) is 3.99. The zero-order chi connectivity index (χ0) is 22.3. The van der Waals surface area contributed by atoms with Crippen LogP contribution in [0.25, 0.3) is 0 Å². The molecule has 0 atom stereocenters. The van der Waals surface area contributed by atoms with Gasteiger partial charge >= 0.3 is 0 Å². The molecule has 0 saturated heterocycles. The molecular formula is C23H24N2O5S. The number of hydrogen-bond donors (Lipinski definition) is 1. The first-order valence-electron chi connectivity index (χ1n) is 9.55. The topological polar surface area (TPSA) is 84.9 Å². The van der Waals surface area contributed by atoms with Crippen LogP contribution in [0.5, 0.6) is 11.5 Å². The molecule has 0 aromatic heterocycles. The number of nitrogens with one attached hydrogen (secondary N) is 1. The van der Waals surface area contributed by atoms with Crippen LogP contribution in [0.15, 0.2) is 83.8 Å². The number of nitrogens with zero attached hydrogens (tertiary/aromatic N) is 1. The number of benzene rings is 3. The van der Waals surface area contributed by atoms with Gasteiger partial charge in [-0.3, -0.25) is 4.79 Å². The number of sulfonamides is 1. The highest BCUT2D eigenvalue weighted by Crippen LogP contribution is 2.20. The van der Waals surface area contributed by atoms with Gasteiger partial charge in [-0.2, -0.15) is 4.31 Å². The van der Waals surface area contributed by atoms with Crippen molar-refractivity contribution in [1.82, 2.24) is 4.31 Å². The van der Waals surface area contributed by atoms with E-state index in [-0.39, 0.29) is 24.0 Å². The maximum absolute atomic E-state index is 12.8. The second kappa shape index (κ2) is 10.1. The Hall–Kier alpha value is -3.36. The maximum Gasteiger partial charge on any atom is 0.262 e. The van der Waals surface area contributed by atoms with Gasteiger partial charge in [-0.25, -0.2) is 8.42 Å². The summed E-state index contributed by atoms with van der Waals surface area (Å²) in [5.74, 6) is 0.882. The third kappa shape index (κ3) is 6.07. The second-order valence-corrected chi connectivity index (χ2v) is 8.83. The molecule has 0 spiro atoms. The Bertz CT molecular complexity index is 1100. The van der Waals surface area contributed by atoms with Crippen molar-refractivity contribution in [2.45, 2.75) is 11.4 Å². The van der Waals surface area contributed by atoms with Crippen LogP contribution in [0.4, 0.5) is 5.69 Å². The Morgan fingerprint density at radius 1 is 0.903 bits per heavy atom. The van der Waals surface area contributed by atoms with E-state index < -0.39 is 10.0 Å². The third-order valence-electron chi connectivity index (χ3n) is 4.52. The largest absolute Gasteiger partial charge is 0.497 e. The first kappa shape index (κ1) is 22.3. The third-order valence-corrected chi connectivity index (χ3v) is 6.34. The molecule has 0 unspecified atom stereocenters. The molecular weight excluding hydrogens is 416 g/mol. The first-order valence-corrected chi connectivity index (χ1v) is 11.0. The van der Waals surface area contributed by atoms with Crippen molar-refractivity contribution in [3.05, 3.63) is 84.4 Å². The van der Waals surface area contributed by atoms with E-state index in [1.54, 1.807) is 43.5 Å². The van der Waals surface area contributed by atoms with E-state index in [4.69, 9.17) is 9.47 Å². The number of hydrogen-bond acceptors (Lipinski definition) is 5. The fourth-order valence-electron chi connectivity index (χ4n) is 2.83. The first-order chi connectivity index (χ1) is 14.9. The number of rotatable bonds is 9. The standard InChI is InChI=1S/C23H24N2O5S/c1-25(16-18-6-4-3-5-7-18)31(27,28)22-14-8-19(9-15-22)24-23(26)17-30-21-12-10-20(29-2)11-13-21/h3-15H,16-17H2,1-2H3,(H,24,26). The number of methoxy groups -OCH3 is 1. The minimum Gasteiger partial charge on any atom is -0.497 e. The Labute approximate surface area is 182 Å². The summed E-state index contributed by atoms with van der Waals surface area (Å²) in [5.41, 5.74) is 1.38. The summed E-state index contributed by atoms with van der Waals surface area (Å²) in [7, 11) is -0.542. The molecule has 0 saturated carbocycles. The summed E-state index contributed by atoms with van der Waals surface area (Å²) in [5, 5.41) is 2.69. The molecule has 31 heavy (non-hydrogen) atoms. The normalized spacial score (nSPS) is 11.2. The highest BCUT2D eigenvalue weighted by Gasteiger charge is 2.20. The molecule has 0 aliphatic heterocycles. The summed E-state index contributed by atoms with van der Waals surface area (Å²) in [6.07, 6.45) is 0. The van der Waals surface area contributed by atoms with Gasteiger partial charge in [0.15, 0.2) is 6.61 Å². The summed E-state index contributed by atoms with van der Waals surface area (Å²) in [6, 6.07) is 22.3. The van der Waals surface area contributed by atoms with Crippen LogP contribution in [0.1, 0.15) is 5.56 Å². The molecule has 0 aliphatic rings. The lowest BCUT2D eigenvalue weighted by Crippen LogP contribution is -2.26. The second-order valence-electron chi connectivity index (χ2n) is 6.78. The zero-order valence-corrected chi connectivity index (χ0v) is 18.1. The lowest BCUT2D eigenvalue weighted by atomic mass is 10.2. The Balaban J connectivity index is 1.56. The van der Waals surface area contributed by atoms with E-state index in [9.17, 15) is 13.2 Å². The van der Waals surface area contributed by atoms with E-state index >= 15 is 0 Å². The van der Waals surface area contributed by atoms with Crippen molar-refractivity contribution in [3.63, 3.8) is 0 Å². The number of anilines is 1. The van der Waals surface area contributed by atoms with Gasteiger partial charge in [-0.1, -0.05) is 30.3 Å². The van der Waals surface area contributed by atoms with E-state index in [0.717, 1.165) is 5.56 Å². The highest BCUT2D eigenvalue weighted by atomic mass is 32.2. The average Bonchev–Trinajstić information content (AvgIpc) is 2.79. The monoisotopic (exact) mass is 440 g/mol. The van der Waals surface area contributed by atoms with E-state index in [1.807, 2.05) is 30.3 Å². The van der Waals surface area contributed by atoms with Crippen molar-refractivity contribution in [2.75, 3.05) is 26.1 Å². The Morgan fingerprint density at radius 2 is 1.52 bits per heavy atom. The lowest BCUT2D eigenvalue weighted by molar-refractivity contribution is -0.118. The van der Waals surface area contributed by atoms with Gasteiger partial charge in [0.05, 0.1) is 12.0 Å².